The van der Waals surface area contributed by atoms with Crippen molar-refractivity contribution in [1.29, 1.82) is 0 Å². The van der Waals surface area contributed by atoms with Crippen molar-refractivity contribution >= 4 is 27.2 Å². The van der Waals surface area contributed by atoms with Gasteiger partial charge >= 0.3 is 0 Å². The smallest absolute Gasteiger partial charge is 0.254 e. The molecule has 3 rings (SSSR count). The van der Waals surface area contributed by atoms with Gasteiger partial charge < -0.3 is 4.43 Å². The highest BCUT2D eigenvalue weighted by molar-refractivity contribution is 6.96. The molecule has 0 aliphatic heterocycles. The lowest BCUT2D eigenvalue weighted by molar-refractivity contribution is 0.381. The molecule has 196 valence electrons. The standard InChI is InChI=1S/C26H36F6OSi2/c1-6-34(7-2,8-3)15-35(16(4)5,17-12-10-9-11-13-17)33-26-24(31)21-20(23(30)25(26)32)18(27)14-19(28)22(21)29/h14,16-17H,6-13,15H2,1-5H3. The molecule has 0 heterocycles. The molecule has 2 aromatic carbocycles. The van der Waals surface area contributed by atoms with E-state index < -0.39 is 67.8 Å². The summed E-state index contributed by atoms with van der Waals surface area (Å²) in [6.45, 7) is 10.4. The van der Waals surface area contributed by atoms with Gasteiger partial charge in [-0.1, -0.05) is 72.0 Å². The molecule has 0 radical (unpaired) electrons. The Balaban J connectivity index is 2.30. The topological polar surface area (TPSA) is 9.23 Å². The van der Waals surface area contributed by atoms with Crippen LogP contribution in [0.3, 0.4) is 0 Å². The monoisotopic (exact) mass is 534 g/mol. The van der Waals surface area contributed by atoms with E-state index in [-0.39, 0.29) is 17.1 Å². The molecular formula is C26H36F6OSi2. The van der Waals surface area contributed by atoms with Crippen molar-refractivity contribution in [2.75, 3.05) is 0 Å². The molecule has 0 saturated heterocycles. The fourth-order valence-corrected chi connectivity index (χ4v) is 21.6. The van der Waals surface area contributed by atoms with Crippen LogP contribution >= 0.6 is 0 Å². The first-order valence-corrected chi connectivity index (χ1v) is 17.9. The highest BCUT2D eigenvalue weighted by Crippen LogP contribution is 2.50. The van der Waals surface area contributed by atoms with Gasteiger partial charge in [-0.15, -0.1) is 0 Å². The highest BCUT2D eigenvalue weighted by Gasteiger charge is 2.53. The summed E-state index contributed by atoms with van der Waals surface area (Å²) in [6.07, 6.45) is 4.77. The zero-order chi connectivity index (χ0) is 26.1. The van der Waals surface area contributed by atoms with Crippen molar-refractivity contribution in [3.63, 3.8) is 0 Å². The number of fused-ring (bicyclic) bond motifs is 1. The quantitative estimate of drug-likeness (QED) is 0.177. The second-order valence-electron chi connectivity index (χ2n) is 10.5. The van der Waals surface area contributed by atoms with Gasteiger partial charge in [-0.05, 0) is 29.6 Å². The van der Waals surface area contributed by atoms with Crippen LogP contribution in [0.5, 0.6) is 5.75 Å². The van der Waals surface area contributed by atoms with Gasteiger partial charge in [0.15, 0.2) is 29.0 Å². The molecule has 2 aromatic rings. The lowest BCUT2D eigenvalue weighted by Gasteiger charge is -2.48. The maximum Gasteiger partial charge on any atom is 0.254 e. The third kappa shape index (κ3) is 4.91. The Morgan fingerprint density at radius 2 is 1.34 bits per heavy atom. The zero-order valence-electron chi connectivity index (χ0n) is 21.3. The minimum absolute atomic E-state index is 0.0474. The molecule has 1 nitrogen and oxygen atoms in total. The lowest BCUT2D eigenvalue weighted by Crippen LogP contribution is -2.56. The maximum atomic E-state index is 15.7. The number of rotatable bonds is 9. The minimum Gasteiger partial charge on any atom is -0.539 e. The van der Waals surface area contributed by atoms with Gasteiger partial charge in [0.1, 0.15) is 5.82 Å². The fourth-order valence-electron chi connectivity index (χ4n) is 6.07. The minimum atomic E-state index is -3.02. The summed E-state index contributed by atoms with van der Waals surface area (Å²) < 4.78 is 95.4. The van der Waals surface area contributed by atoms with Crippen molar-refractivity contribution < 1.29 is 30.8 Å². The number of hydrogen-bond acceptors (Lipinski definition) is 1. The first-order chi connectivity index (χ1) is 16.5. The van der Waals surface area contributed by atoms with E-state index >= 15 is 13.2 Å². The third-order valence-electron chi connectivity index (χ3n) is 8.67. The predicted octanol–water partition coefficient (Wildman–Crippen LogP) is 9.79. The van der Waals surface area contributed by atoms with Gasteiger partial charge in [-0.25, -0.2) is 22.0 Å². The van der Waals surface area contributed by atoms with Crippen LogP contribution in [0.15, 0.2) is 6.07 Å². The lowest BCUT2D eigenvalue weighted by atomic mass is 10.0. The van der Waals surface area contributed by atoms with E-state index in [9.17, 15) is 13.2 Å². The average molecular weight is 535 g/mol. The molecule has 1 atom stereocenters. The van der Waals surface area contributed by atoms with E-state index in [1.54, 1.807) is 0 Å². The van der Waals surface area contributed by atoms with E-state index in [0.717, 1.165) is 55.9 Å². The van der Waals surface area contributed by atoms with Gasteiger partial charge in [-0.2, -0.15) is 4.39 Å². The second-order valence-corrected chi connectivity index (χ2v) is 21.1. The SMILES string of the molecule is CC[Si](CC)(CC)C[Si](Oc1c(F)c(F)c2c(F)cc(F)c(F)c2c1F)(C(C)C)C1CCCCC1. The Labute approximate surface area is 206 Å². The second kappa shape index (κ2) is 10.9. The molecule has 0 amide bonds. The van der Waals surface area contributed by atoms with E-state index in [2.05, 4.69) is 20.8 Å². The Morgan fingerprint density at radius 3 is 1.86 bits per heavy atom. The highest BCUT2D eigenvalue weighted by atomic mass is 28.4. The van der Waals surface area contributed by atoms with Crippen LogP contribution in [0.25, 0.3) is 10.8 Å². The number of hydrogen-bond donors (Lipinski definition) is 0. The van der Waals surface area contributed by atoms with Crippen molar-refractivity contribution in [2.45, 2.75) is 102 Å². The van der Waals surface area contributed by atoms with E-state index in [1.165, 1.54) is 0 Å². The van der Waals surface area contributed by atoms with Gasteiger partial charge in [0.2, 0.25) is 5.82 Å². The molecule has 1 unspecified atom stereocenters. The van der Waals surface area contributed by atoms with Gasteiger partial charge in [0, 0.05) is 6.07 Å². The van der Waals surface area contributed by atoms with Gasteiger partial charge in [0.25, 0.3) is 8.32 Å². The summed E-state index contributed by atoms with van der Waals surface area (Å²) in [5, 5.41) is -2.48. The normalized spacial score (nSPS) is 17.3. The Morgan fingerprint density at radius 1 is 0.771 bits per heavy atom. The molecule has 0 spiro atoms. The van der Waals surface area contributed by atoms with Crippen molar-refractivity contribution in [3.8, 4) is 5.75 Å². The molecule has 1 fully saturated rings. The summed E-state index contributed by atoms with van der Waals surface area (Å²) in [7, 11) is -4.90. The van der Waals surface area contributed by atoms with Crippen LogP contribution < -0.4 is 4.43 Å². The van der Waals surface area contributed by atoms with Crippen molar-refractivity contribution in [3.05, 3.63) is 41.0 Å². The Hall–Kier alpha value is -1.49. The molecule has 9 heteroatoms. The molecule has 0 N–H and O–H groups in total. The van der Waals surface area contributed by atoms with E-state index in [0.29, 0.717) is 0 Å². The number of halogens is 6. The Bertz CT molecular complexity index is 1060. The predicted molar refractivity (Wildman–Crippen MR) is 134 cm³/mol. The van der Waals surface area contributed by atoms with Gasteiger partial charge in [-0.3, -0.25) is 0 Å². The summed E-state index contributed by atoms with van der Waals surface area (Å²) in [4.78, 5) is 0. The molecule has 1 aliphatic rings. The van der Waals surface area contributed by atoms with Crippen LogP contribution in [0.1, 0.15) is 66.7 Å². The summed E-state index contributed by atoms with van der Waals surface area (Å²) >= 11 is 0. The van der Waals surface area contributed by atoms with Crippen LogP contribution in [-0.2, 0) is 0 Å². The average Bonchev–Trinajstić information content (AvgIpc) is 2.85. The van der Waals surface area contributed by atoms with E-state index in [1.807, 2.05) is 13.8 Å². The first-order valence-electron chi connectivity index (χ1n) is 12.8. The largest absolute Gasteiger partial charge is 0.539 e. The van der Waals surface area contributed by atoms with Crippen molar-refractivity contribution in [1.82, 2.24) is 0 Å². The molecule has 0 aromatic heterocycles. The molecular weight excluding hydrogens is 498 g/mol. The van der Waals surface area contributed by atoms with E-state index in [4.69, 9.17) is 4.43 Å². The zero-order valence-corrected chi connectivity index (χ0v) is 23.3. The molecule has 1 saturated carbocycles. The van der Waals surface area contributed by atoms with Crippen LogP contribution in [0, 0.1) is 34.9 Å². The first kappa shape index (κ1) is 28.1. The summed E-state index contributed by atoms with van der Waals surface area (Å²) in [5.74, 6) is -11.0. The maximum absolute atomic E-state index is 15.7. The Kier molecular flexibility index (Phi) is 8.72. The molecule has 0 bridgehead atoms. The van der Waals surface area contributed by atoms with Crippen LogP contribution in [0.2, 0.25) is 34.9 Å². The summed E-state index contributed by atoms with van der Waals surface area (Å²) in [5.41, 5.74) is 0.817. The van der Waals surface area contributed by atoms with Gasteiger partial charge in [0.05, 0.1) is 18.8 Å². The summed E-state index contributed by atoms with van der Waals surface area (Å²) in [6, 6.07) is 3.05. The van der Waals surface area contributed by atoms with Crippen LogP contribution in [-0.4, -0.2) is 16.4 Å². The molecule has 35 heavy (non-hydrogen) atoms. The third-order valence-corrected chi connectivity index (χ3v) is 22.9. The molecule has 1 aliphatic carbocycles. The van der Waals surface area contributed by atoms with Crippen molar-refractivity contribution in [2.24, 2.45) is 0 Å². The fraction of sp³-hybridized carbons (Fsp3) is 0.615. The van der Waals surface area contributed by atoms with Crippen LogP contribution in [0.4, 0.5) is 26.3 Å². The number of benzene rings is 2.